The maximum absolute atomic E-state index is 9.91. The Morgan fingerprint density at radius 2 is 2.12 bits per heavy atom. The van der Waals surface area contributed by atoms with Gasteiger partial charge >= 0.3 is 0 Å². The van der Waals surface area contributed by atoms with E-state index < -0.39 is 12.2 Å². The Hall–Kier alpha value is -0.770. The van der Waals surface area contributed by atoms with Crippen molar-refractivity contribution >= 4 is 11.6 Å². The van der Waals surface area contributed by atoms with E-state index in [0.717, 1.165) is 6.42 Å². The summed E-state index contributed by atoms with van der Waals surface area (Å²) in [7, 11) is 0. The first-order valence-corrected chi connectivity index (χ1v) is 6.37. The van der Waals surface area contributed by atoms with Gasteiger partial charge in [-0.1, -0.05) is 19.1 Å². The molecule has 0 saturated heterocycles. The Kier molecular flexibility index (Phi) is 6.34. The molecule has 2 atom stereocenters. The Morgan fingerprint density at radius 1 is 1.35 bits per heavy atom. The number of alkyl halides is 1. The van der Waals surface area contributed by atoms with Crippen LogP contribution in [-0.2, 0) is 0 Å². The van der Waals surface area contributed by atoms with E-state index in [9.17, 15) is 10.2 Å². The van der Waals surface area contributed by atoms with Gasteiger partial charge in [-0.15, -0.1) is 11.6 Å². The Bertz CT molecular complexity index is 330. The normalized spacial score (nSPS) is 14.4. The number of hydrogen-bond donors (Lipinski definition) is 2. The smallest absolute Gasteiger partial charge is 0.119 e. The number of benzene rings is 1. The molecule has 0 aliphatic heterocycles. The number of hydrogen-bond acceptors (Lipinski definition) is 3. The molecule has 96 valence electrons. The standard InChI is InChI=1S/C13H19ClO3/c1-2-8-17-11-5-3-4-10(9-11)13(16)12(15)6-7-14/h3-5,9,12-13,15-16H,2,6-8H2,1H3. The Morgan fingerprint density at radius 3 is 2.76 bits per heavy atom. The molecule has 17 heavy (non-hydrogen) atoms. The van der Waals surface area contributed by atoms with Crippen LogP contribution in [0.5, 0.6) is 5.75 Å². The summed E-state index contributed by atoms with van der Waals surface area (Å²) in [6, 6.07) is 7.15. The van der Waals surface area contributed by atoms with Crippen molar-refractivity contribution < 1.29 is 14.9 Å². The van der Waals surface area contributed by atoms with Crippen LogP contribution in [0.1, 0.15) is 31.4 Å². The SMILES string of the molecule is CCCOc1cccc(C(O)C(O)CCCl)c1. The Balaban J connectivity index is 2.69. The third kappa shape index (κ3) is 4.54. The van der Waals surface area contributed by atoms with Crippen LogP contribution in [0.3, 0.4) is 0 Å². The average Bonchev–Trinajstić information content (AvgIpc) is 2.36. The van der Waals surface area contributed by atoms with Gasteiger partial charge in [0.2, 0.25) is 0 Å². The molecule has 3 nitrogen and oxygen atoms in total. The first-order chi connectivity index (χ1) is 8.19. The van der Waals surface area contributed by atoms with Crippen molar-refractivity contribution in [1.29, 1.82) is 0 Å². The monoisotopic (exact) mass is 258 g/mol. The molecule has 0 heterocycles. The molecular weight excluding hydrogens is 240 g/mol. The van der Waals surface area contributed by atoms with Crippen LogP contribution in [0.4, 0.5) is 0 Å². The van der Waals surface area contributed by atoms with E-state index in [2.05, 4.69) is 0 Å². The highest BCUT2D eigenvalue weighted by Crippen LogP contribution is 2.23. The van der Waals surface area contributed by atoms with Crippen molar-refractivity contribution in [3.8, 4) is 5.75 Å². The summed E-state index contributed by atoms with van der Waals surface area (Å²) in [4.78, 5) is 0. The second kappa shape index (κ2) is 7.54. The van der Waals surface area contributed by atoms with E-state index in [1.807, 2.05) is 13.0 Å². The fourth-order valence-corrected chi connectivity index (χ4v) is 1.72. The van der Waals surface area contributed by atoms with E-state index >= 15 is 0 Å². The number of halogens is 1. The fraction of sp³-hybridized carbons (Fsp3) is 0.538. The van der Waals surface area contributed by atoms with Gasteiger partial charge in [0, 0.05) is 5.88 Å². The van der Waals surface area contributed by atoms with Crippen LogP contribution in [0.15, 0.2) is 24.3 Å². The van der Waals surface area contributed by atoms with E-state index in [0.29, 0.717) is 30.2 Å². The summed E-state index contributed by atoms with van der Waals surface area (Å²) in [5.41, 5.74) is 0.649. The van der Waals surface area contributed by atoms with Crippen LogP contribution >= 0.6 is 11.6 Å². The summed E-state index contributed by atoms with van der Waals surface area (Å²) in [6.45, 7) is 2.67. The number of aliphatic hydroxyl groups excluding tert-OH is 2. The average molecular weight is 259 g/mol. The van der Waals surface area contributed by atoms with Gasteiger partial charge in [0.05, 0.1) is 12.7 Å². The number of aliphatic hydroxyl groups is 2. The molecule has 0 fully saturated rings. The van der Waals surface area contributed by atoms with Gasteiger partial charge < -0.3 is 14.9 Å². The van der Waals surface area contributed by atoms with Crippen molar-refractivity contribution in [2.24, 2.45) is 0 Å². The van der Waals surface area contributed by atoms with Crippen molar-refractivity contribution in [2.75, 3.05) is 12.5 Å². The van der Waals surface area contributed by atoms with Crippen molar-refractivity contribution in [3.63, 3.8) is 0 Å². The van der Waals surface area contributed by atoms with Gasteiger partial charge in [-0.3, -0.25) is 0 Å². The lowest BCUT2D eigenvalue weighted by atomic mass is 10.0. The molecule has 0 radical (unpaired) electrons. The third-order valence-electron chi connectivity index (χ3n) is 2.44. The zero-order chi connectivity index (χ0) is 12.7. The highest BCUT2D eigenvalue weighted by Gasteiger charge is 2.17. The summed E-state index contributed by atoms with van der Waals surface area (Å²) in [5.74, 6) is 1.03. The van der Waals surface area contributed by atoms with Gasteiger partial charge in [-0.05, 0) is 30.5 Å². The largest absolute Gasteiger partial charge is 0.494 e. The van der Waals surface area contributed by atoms with Gasteiger partial charge in [-0.25, -0.2) is 0 Å². The van der Waals surface area contributed by atoms with E-state index in [-0.39, 0.29) is 0 Å². The molecular formula is C13H19ClO3. The lowest BCUT2D eigenvalue weighted by Gasteiger charge is -2.17. The van der Waals surface area contributed by atoms with Gasteiger partial charge in [-0.2, -0.15) is 0 Å². The maximum Gasteiger partial charge on any atom is 0.119 e. The lowest BCUT2D eigenvalue weighted by Crippen LogP contribution is -2.18. The Labute approximate surface area is 107 Å². The molecule has 4 heteroatoms. The van der Waals surface area contributed by atoms with Crippen LogP contribution < -0.4 is 4.74 Å². The molecule has 0 aromatic heterocycles. The maximum atomic E-state index is 9.91. The number of rotatable bonds is 7. The predicted molar refractivity (Wildman–Crippen MR) is 68.5 cm³/mol. The first-order valence-electron chi connectivity index (χ1n) is 5.84. The molecule has 2 unspecified atom stereocenters. The molecule has 0 amide bonds. The molecule has 0 saturated carbocycles. The highest BCUT2D eigenvalue weighted by molar-refractivity contribution is 6.17. The topological polar surface area (TPSA) is 49.7 Å². The van der Waals surface area contributed by atoms with E-state index in [1.165, 1.54) is 0 Å². The van der Waals surface area contributed by atoms with Crippen molar-refractivity contribution in [3.05, 3.63) is 29.8 Å². The molecule has 0 aliphatic carbocycles. The number of ether oxygens (including phenoxy) is 1. The van der Waals surface area contributed by atoms with Crippen LogP contribution in [0, 0.1) is 0 Å². The minimum atomic E-state index is -0.918. The molecule has 1 aromatic carbocycles. The van der Waals surface area contributed by atoms with E-state index in [4.69, 9.17) is 16.3 Å². The second-order valence-corrected chi connectivity index (χ2v) is 4.29. The molecule has 0 aliphatic rings. The lowest BCUT2D eigenvalue weighted by molar-refractivity contribution is 0.0169. The minimum Gasteiger partial charge on any atom is -0.494 e. The van der Waals surface area contributed by atoms with Crippen molar-refractivity contribution in [1.82, 2.24) is 0 Å². The summed E-state index contributed by atoms with van der Waals surface area (Å²) in [5, 5.41) is 19.6. The molecule has 0 bridgehead atoms. The minimum absolute atomic E-state index is 0.324. The molecule has 1 aromatic rings. The first kappa shape index (κ1) is 14.3. The fourth-order valence-electron chi connectivity index (χ4n) is 1.50. The predicted octanol–water partition coefficient (Wildman–Crippen LogP) is 2.50. The highest BCUT2D eigenvalue weighted by atomic mass is 35.5. The van der Waals surface area contributed by atoms with Crippen molar-refractivity contribution in [2.45, 2.75) is 32.0 Å². The molecule has 2 N–H and O–H groups in total. The van der Waals surface area contributed by atoms with Crippen LogP contribution in [0.25, 0.3) is 0 Å². The quantitative estimate of drug-likeness (QED) is 0.739. The zero-order valence-electron chi connectivity index (χ0n) is 9.97. The summed E-state index contributed by atoms with van der Waals surface area (Å²) >= 11 is 5.53. The van der Waals surface area contributed by atoms with E-state index in [1.54, 1.807) is 18.2 Å². The van der Waals surface area contributed by atoms with Crippen LogP contribution in [0.2, 0.25) is 0 Å². The second-order valence-electron chi connectivity index (χ2n) is 3.91. The zero-order valence-corrected chi connectivity index (χ0v) is 10.7. The molecule has 0 spiro atoms. The van der Waals surface area contributed by atoms with Gasteiger partial charge in [0.25, 0.3) is 0 Å². The molecule has 1 rings (SSSR count). The van der Waals surface area contributed by atoms with Gasteiger partial charge in [0.1, 0.15) is 11.9 Å². The summed E-state index contributed by atoms with van der Waals surface area (Å²) in [6.07, 6.45) is -0.461. The van der Waals surface area contributed by atoms with Gasteiger partial charge in [0.15, 0.2) is 0 Å². The third-order valence-corrected chi connectivity index (χ3v) is 2.66. The summed E-state index contributed by atoms with van der Waals surface area (Å²) < 4.78 is 5.47. The van der Waals surface area contributed by atoms with Crippen LogP contribution in [-0.4, -0.2) is 28.8 Å².